The van der Waals surface area contributed by atoms with Crippen LogP contribution < -0.4 is 0 Å². The number of benzene rings is 1. The molecule has 1 N–H and O–H groups in total. The van der Waals surface area contributed by atoms with Crippen molar-refractivity contribution >= 4 is 29.1 Å². The lowest BCUT2D eigenvalue weighted by atomic mass is 10.2. The van der Waals surface area contributed by atoms with E-state index in [2.05, 4.69) is 0 Å². The van der Waals surface area contributed by atoms with Crippen molar-refractivity contribution in [1.82, 2.24) is 4.90 Å². The summed E-state index contributed by atoms with van der Waals surface area (Å²) >= 11 is 11.9. The van der Waals surface area contributed by atoms with Gasteiger partial charge in [0.25, 0.3) is 0 Å². The number of unbranched alkanes of at least 4 members (excludes halogenated alkanes) is 1. The molecule has 1 rings (SSSR count). The van der Waals surface area contributed by atoms with Gasteiger partial charge in [-0.2, -0.15) is 0 Å². The average Bonchev–Trinajstić information content (AvgIpc) is 2.32. The number of hydrogen-bond donors (Lipinski definition) is 1. The molecule has 3 nitrogen and oxygen atoms in total. The van der Waals surface area contributed by atoms with Crippen LogP contribution in [0.25, 0.3) is 0 Å². The van der Waals surface area contributed by atoms with Crippen molar-refractivity contribution in [3.05, 3.63) is 33.8 Å². The maximum absolute atomic E-state index is 11.8. The second kappa shape index (κ2) is 7.62. The number of aliphatic hydroxyl groups excluding tert-OH is 1. The van der Waals surface area contributed by atoms with Crippen molar-refractivity contribution in [2.45, 2.75) is 25.8 Å². The fraction of sp³-hybridized carbons (Fsp3) is 0.462. The lowest BCUT2D eigenvalue weighted by molar-refractivity contribution is -0.130. The van der Waals surface area contributed by atoms with Crippen molar-refractivity contribution in [3.8, 4) is 0 Å². The fourth-order valence-electron chi connectivity index (χ4n) is 1.57. The third-order valence-electron chi connectivity index (χ3n) is 2.65. The first-order valence-corrected chi connectivity index (χ1v) is 6.59. The predicted molar refractivity (Wildman–Crippen MR) is 73.9 cm³/mol. The molecule has 0 spiro atoms. The largest absolute Gasteiger partial charge is 0.396 e. The van der Waals surface area contributed by atoms with E-state index < -0.39 is 0 Å². The fourth-order valence-corrected chi connectivity index (χ4v) is 2.04. The third-order valence-corrected chi connectivity index (χ3v) is 3.23. The normalized spacial score (nSPS) is 10.4. The molecule has 0 atom stereocenters. The van der Waals surface area contributed by atoms with E-state index in [4.69, 9.17) is 28.3 Å². The highest BCUT2D eigenvalue weighted by molar-refractivity contribution is 6.35. The molecule has 0 unspecified atom stereocenters. The molecule has 1 amide bonds. The summed E-state index contributed by atoms with van der Waals surface area (Å²) in [4.78, 5) is 13.4. The number of hydrogen-bond acceptors (Lipinski definition) is 2. The minimum absolute atomic E-state index is 0.0504. The highest BCUT2D eigenvalue weighted by Gasteiger charge is 2.10. The third kappa shape index (κ3) is 4.84. The number of halogens is 2. The standard InChI is InChI=1S/C13H17Cl2NO2/c1-16(13(18)4-2-3-7-17)9-10-5-6-11(14)8-12(10)15/h5-6,8,17H,2-4,7,9H2,1H3. The molecular weight excluding hydrogens is 273 g/mol. The SMILES string of the molecule is CN(Cc1ccc(Cl)cc1Cl)C(=O)CCCCO. The van der Waals surface area contributed by atoms with Crippen LogP contribution in [0.5, 0.6) is 0 Å². The van der Waals surface area contributed by atoms with Crippen molar-refractivity contribution in [2.24, 2.45) is 0 Å². The Morgan fingerprint density at radius 3 is 2.67 bits per heavy atom. The summed E-state index contributed by atoms with van der Waals surface area (Å²) in [6, 6.07) is 5.25. The van der Waals surface area contributed by atoms with Gasteiger partial charge in [0.05, 0.1) is 0 Å². The Morgan fingerprint density at radius 1 is 1.33 bits per heavy atom. The summed E-state index contributed by atoms with van der Waals surface area (Å²) in [5.41, 5.74) is 0.874. The molecule has 0 heterocycles. The number of rotatable bonds is 6. The highest BCUT2D eigenvalue weighted by Crippen LogP contribution is 2.22. The van der Waals surface area contributed by atoms with E-state index in [0.29, 0.717) is 35.9 Å². The van der Waals surface area contributed by atoms with E-state index in [1.165, 1.54) is 0 Å². The number of aliphatic hydroxyl groups is 1. The number of amides is 1. The van der Waals surface area contributed by atoms with Crippen molar-refractivity contribution in [3.63, 3.8) is 0 Å². The van der Waals surface area contributed by atoms with Crippen LogP contribution in [0, 0.1) is 0 Å². The van der Waals surface area contributed by atoms with E-state index in [0.717, 1.165) is 5.56 Å². The van der Waals surface area contributed by atoms with E-state index in [9.17, 15) is 4.79 Å². The zero-order valence-corrected chi connectivity index (χ0v) is 11.8. The topological polar surface area (TPSA) is 40.5 Å². The smallest absolute Gasteiger partial charge is 0.222 e. The Bertz CT molecular complexity index is 410. The lowest BCUT2D eigenvalue weighted by Crippen LogP contribution is -2.26. The van der Waals surface area contributed by atoms with Crippen molar-refractivity contribution in [1.29, 1.82) is 0 Å². The molecule has 0 aliphatic heterocycles. The molecule has 0 saturated heterocycles. The molecule has 0 radical (unpaired) electrons. The van der Waals surface area contributed by atoms with Crippen LogP contribution in [-0.4, -0.2) is 29.6 Å². The van der Waals surface area contributed by atoms with Gasteiger partial charge in [0.2, 0.25) is 5.91 Å². The Hall–Kier alpha value is -0.770. The van der Waals surface area contributed by atoms with Crippen molar-refractivity contribution < 1.29 is 9.90 Å². The molecule has 18 heavy (non-hydrogen) atoms. The quantitative estimate of drug-likeness (QED) is 0.818. The summed E-state index contributed by atoms with van der Waals surface area (Å²) in [7, 11) is 1.74. The van der Waals surface area contributed by atoms with Gasteiger partial charge in [-0.05, 0) is 30.5 Å². The Kier molecular flexibility index (Phi) is 6.47. The number of carbonyl (C=O) groups is 1. The first kappa shape index (κ1) is 15.3. The van der Waals surface area contributed by atoms with Gasteiger partial charge >= 0.3 is 0 Å². The van der Waals surface area contributed by atoms with Crippen LogP contribution in [-0.2, 0) is 11.3 Å². The number of nitrogens with zero attached hydrogens (tertiary/aromatic N) is 1. The molecule has 0 bridgehead atoms. The summed E-state index contributed by atoms with van der Waals surface area (Å²) in [5, 5.41) is 9.81. The molecule has 100 valence electrons. The van der Waals surface area contributed by atoms with Gasteiger partial charge in [-0.15, -0.1) is 0 Å². The summed E-state index contributed by atoms with van der Waals surface area (Å²) in [6.07, 6.45) is 1.80. The van der Waals surface area contributed by atoms with Gasteiger partial charge in [0, 0.05) is 36.7 Å². The average molecular weight is 290 g/mol. The molecule has 0 aromatic heterocycles. The van der Waals surface area contributed by atoms with Gasteiger partial charge in [-0.1, -0.05) is 29.3 Å². The van der Waals surface area contributed by atoms with Gasteiger partial charge in [0.15, 0.2) is 0 Å². The molecule has 0 saturated carbocycles. The molecule has 0 fully saturated rings. The van der Waals surface area contributed by atoms with Gasteiger partial charge in [0.1, 0.15) is 0 Å². The van der Waals surface area contributed by atoms with Crippen LogP contribution in [0.3, 0.4) is 0 Å². The van der Waals surface area contributed by atoms with E-state index >= 15 is 0 Å². The zero-order chi connectivity index (χ0) is 13.5. The van der Waals surface area contributed by atoms with E-state index in [1.807, 2.05) is 6.07 Å². The monoisotopic (exact) mass is 289 g/mol. The predicted octanol–water partition coefficient (Wildman–Crippen LogP) is 3.11. The Balaban J connectivity index is 2.53. The van der Waals surface area contributed by atoms with Gasteiger partial charge in [-0.3, -0.25) is 4.79 Å². The highest BCUT2D eigenvalue weighted by atomic mass is 35.5. The molecule has 1 aromatic carbocycles. The van der Waals surface area contributed by atoms with Gasteiger partial charge < -0.3 is 10.0 Å². The second-order valence-corrected chi connectivity index (χ2v) is 5.01. The summed E-state index contributed by atoms with van der Waals surface area (Å²) < 4.78 is 0. The van der Waals surface area contributed by atoms with Crippen LogP contribution in [0.2, 0.25) is 10.0 Å². The first-order chi connectivity index (χ1) is 8.54. The van der Waals surface area contributed by atoms with Crippen LogP contribution in [0.15, 0.2) is 18.2 Å². The lowest BCUT2D eigenvalue weighted by Gasteiger charge is -2.18. The second-order valence-electron chi connectivity index (χ2n) is 4.17. The van der Waals surface area contributed by atoms with Crippen LogP contribution in [0.1, 0.15) is 24.8 Å². The van der Waals surface area contributed by atoms with Gasteiger partial charge in [-0.25, -0.2) is 0 Å². The molecule has 0 aliphatic carbocycles. The van der Waals surface area contributed by atoms with Crippen LogP contribution in [0.4, 0.5) is 0 Å². The molecule has 1 aromatic rings. The summed E-state index contributed by atoms with van der Waals surface area (Å²) in [6.45, 7) is 0.591. The maximum atomic E-state index is 11.8. The minimum Gasteiger partial charge on any atom is -0.396 e. The molecular formula is C13H17Cl2NO2. The Labute approximate surface area is 117 Å². The molecule has 5 heteroatoms. The van der Waals surface area contributed by atoms with Crippen LogP contribution >= 0.6 is 23.2 Å². The van der Waals surface area contributed by atoms with E-state index in [-0.39, 0.29) is 12.5 Å². The minimum atomic E-state index is 0.0504. The number of carbonyl (C=O) groups excluding carboxylic acids is 1. The molecule has 0 aliphatic rings. The maximum Gasteiger partial charge on any atom is 0.222 e. The first-order valence-electron chi connectivity index (χ1n) is 5.83. The van der Waals surface area contributed by atoms with E-state index in [1.54, 1.807) is 24.1 Å². The Morgan fingerprint density at radius 2 is 2.06 bits per heavy atom. The van der Waals surface area contributed by atoms with Crippen molar-refractivity contribution in [2.75, 3.05) is 13.7 Å². The zero-order valence-electron chi connectivity index (χ0n) is 10.3. The summed E-state index contributed by atoms with van der Waals surface area (Å²) in [5.74, 6) is 0.0504.